The number of halogens is 1. The van der Waals surface area contributed by atoms with E-state index in [9.17, 15) is 4.79 Å². The van der Waals surface area contributed by atoms with Gasteiger partial charge < -0.3 is 10.6 Å². The number of benzene rings is 1. The van der Waals surface area contributed by atoms with Crippen molar-refractivity contribution in [1.82, 2.24) is 25.5 Å². The summed E-state index contributed by atoms with van der Waals surface area (Å²) in [6.45, 7) is 4.28. The second-order valence-corrected chi connectivity index (χ2v) is 6.14. The molecule has 8 heteroatoms. The van der Waals surface area contributed by atoms with Crippen LogP contribution in [0.4, 0.5) is 5.69 Å². The van der Waals surface area contributed by atoms with Crippen LogP contribution >= 0.6 is 12.4 Å². The van der Waals surface area contributed by atoms with Crippen LogP contribution in [0.1, 0.15) is 26.2 Å². The van der Waals surface area contributed by atoms with Gasteiger partial charge in [-0.2, -0.15) is 0 Å². The Bertz CT molecular complexity index is 642. The highest BCUT2D eigenvalue weighted by atomic mass is 35.5. The third kappa shape index (κ3) is 4.75. The van der Waals surface area contributed by atoms with Gasteiger partial charge >= 0.3 is 0 Å². The molecule has 0 spiro atoms. The number of amides is 1. The number of carbonyl (C=O) groups is 1. The summed E-state index contributed by atoms with van der Waals surface area (Å²) in [7, 11) is 0. The summed E-state index contributed by atoms with van der Waals surface area (Å²) in [6.07, 6.45) is 4.47. The van der Waals surface area contributed by atoms with Gasteiger partial charge in [0, 0.05) is 12.1 Å². The van der Waals surface area contributed by atoms with Gasteiger partial charge in [0.25, 0.3) is 0 Å². The van der Waals surface area contributed by atoms with E-state index in [0.717, 1.165) is 24.5 Å². The lowest BCUT2D eigenvalue weighted by Gasteiger charge is -2.28. The van der Waals surface area contributed by atoms with Gasteiger partial charge in [0.2, 0.25) is 5.91 Å². The van der Waals surface area contributed by atoms with Crippen LogP contribution in [0.2, 0.25) is 0 Å². The molecule has 1 fully saturated rings. The smallest absolute Gasteiger partial charge is 0.224 e. The van der Waals surface area contributed by atoms with Crippen molar-refractivity contribution in [3.63, 3.8) is 0 Å². The largest absolute Gasteiger partial charge is 0.326 e. The van der Waals surface area contributed by atoms with E-state index in [1.807, 2.05) is 24.3 Å². The summed E-state index contributed by atoms with van der Waals surface area (Å²) in [5.74, 6) is 1.02. The van der Waals surface area contributed by atoms with Crippen molar-refractivity contribution in [2.75, 3.05) is 18.4 Å². The third-order valence-electron chi connectivity index (χ3n) is 4.39. The molecule has 1 aromatic heterocycles. The predicted molar refractivity (Wildman–Crippen MR) is 94.4 cm³/mol. The van der Waals surface area contributed by atoms with Crippen LogP contribution in [0.15, 0.2) is 30.6 Å². The topological polar surface area (TPSA) is 84.7 Å². The average molecular weight is 351 g/mol. The monoisotopic (exact) mass is 350 g/mol. The number of piperidine rings is 1. The van der Waals surface area contributed by atoms with Gasteiger partial charge in [-0.1, -0.05) is 13.0 Å². The van der Waals surface area contributed by atoms with E-state index in [-0.39, 0.29) is 18.3 Å². The molecule has 1 aromatic carbocycles. The zero-order valence-corrected chi connectivity index (χ0v) is 14.5. The Morgan fingerprint density at radius 2 is 2.38 bits per heavy atom. The van der Waals surface area contributed by atoms with E-state index in [1.54, 1.807) is 4.68 Å². The van der Waals surface area contributed by atoms with Gasteiger partial charge in [-0.25, -0.2) is 4.68 Å². The van der Waals surface area contributed by atoms with Crippen LogP contribution in [0.3, 0.4) is 0 Å². The first-order valence-corrected chi connectivity index (χ1v) is 8.06. The molecule has 1 amide bonds. The number of rotatable bonds is 5. The Morgan fingerprint density at radius 3 is 3.08 bits per heavy atom. The lowest BCUT2D eigenvalue weighted by molar-refractivity contribution is -0.117. The summed E-state index contributed by atoms with van der Waals surface area (Å²) < 4.78 is 1.56. The molecule has 3 rings (SSSR count). The summed E-state index contributed by atoms with van der Waals surface area (Å²) in [6, 6.07) is 7.50. The molecule has 0 aliphatic carbocycles. The van der Waals surface area contributed by atoms with Crippen molar-refractivity contribution in [2.24, 2.45) is 11.8 Å². The summed E-state index contributed by atoms with van der Waals surface area (Å²) in [4.78, 5) is 12.3. The number of tetrazole rings is 1. The molecule has 2 unspecified atom stereocenters. The summed E-state index contributed by atoms with van der Waals surface area (Å²) in [5, 5.41) is 17.5. The van der Waals surface area contributed by atoms with Gasteiger partial charge in [-0.05, 0) is 66.4 Å². The van der Waals surface area contributed by atoms with Crippen molar-refractivity contribution < 1.29 is 4.79 Å². The number of nitrogens with zero attached hydrogens (tertiary/aromatic N) is 4. The third-order valence-corrected chi connectivity index (χ3v) is 4.39. The Hall–Kier alpha value is -1.99. The molecule has 1 aliphatic heterocycles. The molecule has 2 aromatic rings. The second-order valence-electron chi connectivity index (χ2n) is 6.14. The molecule has 0 bridgehead atoms. The van der Waals surface area contributed by atoms with Gasteiger partial charge in [0.05, 0.1) is 5.69 Å². The molecule has 24 heavy (non-hydrogen) atoms. The maximum absolute atomic E-state index is 12.3. The molecule has 2 atom stereocenters. The van der Waals surface area contributed by atoms with Crippen LogP contribution < -0.4 is 10.6 Å². The molecular weight excluding hydrogens is 328 g/mol. The molecule has 1 aliphatic rings. The molecule has 0 radical (unpaired) electrons. The van der Waals surface area contributed by atoms with Crippen molar-refractivity contribution >= 4 is 24.0 Å². The second kappa shape index (κ2) is 8.75. The molecule has 2 N–H and O–H groups in total. The van der Waals surface area contributed by atoms with E-state index in [0.29, 0.717) is 18.3 Å². The van der Waals surface area contributed by atoms with Crippen LogP contribution in [0, 0.1) is 11.8 Å². The Kier molecular flexibility index (Phi) is 6.69. The van der Waals surface area contributed by atoms with E-state index in [4.69, 9.17) is 0 Å². The van der Waals surface area contributed by atoms with E-state index in [2.05, 4.69) is 33.1 Å². The minimum Gasteiger partial charge on any atom is -0.326 e. The van der Waals surface area contributed by atoms with Crippen LogP contribution in [-0.2, 0) is 4.79 Å². The SMILES string of the molecule is CC(CC(=O)Nc1cccc(-n2cnnn2)c1)C1CCCNC1.Cl. The summed E-state index contributed by atoms with van der Waals surface area (Å²) >= 11 is 0. The lowest BCUT2D eigenvalue weighted by Crippen LogP contribution is -2.34. The van der Waals surface area contributed by atoms with Gasteiger partial charge in [-0.15, -0.1) is 17.5 Å². The molecule has 1 saturated heterocycles. The quantitative estimate of drug-likeness (QED) is 0.862. The first-order valence-electron chi connectivity index (χ1n) is 8.06. The fourth-order valence-corrected chi connectivity index (χ4v) is 3.04. The minimum absolute atomic E-state index is 0. The van der Waals surface area contributed by atoms with Crippen molar-refractivity contribution in [2.45, 2.75) is 26.2 Å². The molecule has 130 valence electrons. The zero-order valence-electron chi connectivity index (χ0n) is 13.7. The minimum atomic E-state index is 0. The lowest BCUT2D eigenvalue weighted by atomic mass is 9.85. The van der Waals surface area contributed by atoms with Crippen molar-refractivity contribution in [3.8, 4) is 5.69 Å². The average Bonchev–Trinajstić information content (AvgIpc) is 3.10. The highest BCUT2D eigenvalue weighted by Crippen LogP contribution is 2.23. The number of anilines is 1. The highest BCUT2D eigenvalue weighted by Gasteiger charge is 2.22. The number of hydrogen-bond acceptors (Lipinski definition) is 5. The first-order chi connectivity index (χ1) is 11.2. The van der Waals surface area contributed by atoms with Crippen LogP contribution in [0.25, 0.3) is 5.69 Å². The molecular formula is C16H23ClN6O. The zero-order chi connectivity index (χ0) is 16.1. The van der Waals surface area contributed by atoms with Gasteiger partial charge in [0.1, 0.15) is 6.33 Å². The van der Waals surface area contributed by atoms with Crippen LogP contribution in [-0.4, -0.2) is 39.2 Å². The Labute approximate surface area is 147 Å². The molecule has 2 heterocycles. The van der Waals surface area contributed by atoms with Crippen molar-refractivity contribution in [1.29, 1.82) is 0 Å². The standard InChI is InChI=1S/C16H22N6O.ClH/c1-12(13-4-3-7-17-10-13)8-16(23)19-14-5-2-6-15(9-14)22-11-18-20-21-22;/h2,5-6,9,11-13,17H,3-4,7-8,10H2,1H3,(H,19,23);1H. The number of hydrogen-bond donors (Lipinski definition) is 2. The maximum atomic E-state index is 12.3. The maximum Gasteiger partial charge on any atom is 0.224 e. The fraction of sp³-hybridized carbons (Fsp3) is 0.500. The van der Waals surface area contributed by atoms with Gasteiger partial charge in [-0.3, -0.25) is 4.79 Å². The van der Waals surface area contributed by atoms with E-state index in [1.165, 1.54) is 19.2 Å². The number of nitrogens with one attached hydrogen (secondary N) is 2. The number of carbonyl (C=O) groups excluding carboxylic acids is 1. The Balaban J connectivity index is 0.00000208. The molecule has 0 saturated carbocycles. The Morgan fingerprint density at radius 1 is 1.50 bits per heavy atom. The highest BCUT2D eigenvalue weighted by molar-refractivity contribution is 5.91. The van der Waals surface area contributed by atoms with Crippen molar-refractivity contribution in [3.05, 3.63) is 30.6 Å². The first kappa shape index (κ1) is 18.4. The number of aromatic nitrogens is 4. The summed E-state index contributed by atoms with van der Waals surface area (Å²) in [5.41, 5.74) is 1.58. The van der Waals surface area contributed by atoms with Gasteiger partial charge in [0.15, 0.2) is 0 Å². The normalized spacial score (nSPS) is 18.5. The van der Waals surface area contributed by atoms with E-state index >= 15 is 0 Å². The van der Waals surface area contributed by atoms with Crippen LogP contribution in [0.5, 0.6) is 0 Å². The predicted octanol–water partition coefficient (Wildman–Crippen LogP) is 2.05. The van der Waals surface area contributed by atoms with E-state index < -0.39 is 0 Å². The molecule has 7 nitrogen and oxygen atoms in total. The fourth-order valence-electron chi connectivity index (χ4n) is 3.04.